The van der Waals surface area contributed by atoms with E-state index >= 15 is 0 Å². The molecule has 1 amide bonds. The molecule has 6 heteroatoms. The maximum absolute atomic E-state index is 13.3. The molecule has 1 atom stereocenters. The molecule has 0 spiro atoms. The monoisotopic (exact) mass is 434 g/mol. The molecule has 0 unspecified atom stereocenters. The van der Waals surface area contributed by atoms with Gasteiger partial charge in [-0.05, 0) is 48.1 Å². The molecule has 0 saturated carbocycles. The van der Waals surface area contributed by atoms with Crippen molar-refractivity contribution in [3.63, 3.8) is 0 Å². The van der Waals surface area contributed by atoms with E-state index in [2.05, 4.69) is 17.4 Å². The van der Waals surface area contributed by atoms with Gasteiger partial charge in [0.2, 0.25) is 10.0 Å². The fourth-order valence-electron chi connectivity index (χ4n) is 4.15. The third-order valence-corrected chi connectivity index (χ3v) is 6.79. The lowest BCUT2D eigenvalue weighted by atomic mass is 9.87. The molecule has 0 aromatic heterocycles. The second-order valence-electron chi connectivity index (χ2n) is 7.89. The number of nitrogens with zero attached hydrogens (tertiary/aromatic N) is 1. The Balaban J connectivity index is 1.65. The summed E-state index contributed by atoms with van der Waals surface area (Å²) in [5.41, 5.74) is 3.99. The van der Waals surface area contributed by atoms with E-state index in [1.807, 2.05) is 42.5 Å². The summed E-state index contributed by atoms with van der Waals surface area (Å²) in [6.45, 7) is 0.163. The van der Waals surface area contributed by atoms with Crippen LogP contribution in [0.25, 0.3) is 0 Å². The number of carbonyl (C=O) groups excluding carboxylic acids is 1. The second-order valence-corrected chi connectivity index (χ2v) is 9.80. The fraction of sp³-hybridized carbons (Fsp3) is 0.240. The molecule has 4 rings (SSSR count). The van der Waals surface area contributed by atoms with E-state index in [-0.39, 0.29) is 18.5 Å². The van der Waals surface area contributed by atoms with Crippen LogP contribution in [-0.2, 0) is 23.0 Å². The molecular weight excluding hydrogens is 408 g/mol. The van der Waals surface area contributed by atoms with Gasteiger partial charge in [0.15, 0.2) is 0 Å². The standard InChI is InChI=1S/C25H26N2O3S/c1-31(29,30)27(18-19-10-3-2-4-11-19)24-17-8-7-15-22(24)25(28)26-23-16-9-13-20-12-5-6-14-21(20)23/h2-8,10-12,14-15,17,23H,9,13,16,18H2,1H3,(H,26,28)/t23-/m1/s1. The van der Waals surface area contributed by atoms with Gasteiger partial charge in [-0.15, -0.1) is 0 Å². The highest BCUT2D eigenvalue weighted by atomic mass is 32.2. The van der Waals surface area contributed by atoms with Crippen molar-refractivity contribution in [3.05, 3.63) is 101 Å². The van der Waals surface area contributed by atoms with Crippen LogP contribution in [0.5, 0.6) is 0 Å². The number of benzene rings is 3. The Morgan fingerprint density at radius 1 is 0.968 bits per heavy atom. The summed E-state index contributed by atoms with van der Waals surface area (Å²) in [4.78, 5) is 13.3. The van der Waals surface area contributed by atoms with Crippen molar-refractivity contribution in [1.82, 2.24) is 5.32 Å². The van der Waals surface area contributed by atoms with Gasteiger partial charge in [-0.1, -0.05) is 66.7 Å². The number of carbonyl (C=O) groups is 1. The van der Waals surface area contributed by atoms with Crippen LogP contribution >= 0.6 is 0 Å². The van der Waals surface area contributed by atoms with Crippen LogP contribution in [0.1, 0.15) is 45.9 Å². The van der Waals surface area contributed by atoms with Gasteiger partial charge < -0.3 is 5.32 Å². The average Bonchev–Trinajstić information content (AvgIpc) is 2.78. The van der Waals surface area contributed by atoms with Crippen molar-refractivity contribution in [1.29, 1.82) is 0 Å². The maximum Gasteiger partial charge on any atom is 0.253 e. The molecule has 0 bridgehead atoms. The molecule has 0 fully saturated rings. The number of rotatable bonds is 6. The molecule has 3 aromatic carbocycles. The SMILES string of the molecule is CS(=O)(=O)N(Cc1ccccc1)c1ccccc1C(=O)N[C@@H]1CCCc2ccccc21. The first-order valence-corrected chi connectivity index (χ1v) is 12.3. The van der Waals surface area contributed by atoms with E-state index in [0.29, 0.717) is 11.3 Å². The van der Waals surface area contributed by atoms with E-state index in [4.69, 9.17) is 0 Å². The lowest BCUT2D eigenvalue weighted by molar-refractivity contribution is 0.0933. The highest BCUT2D eigenvalue weighted by Gasteiger charge is 2.26. The first kappa shape index (κ1) is 21.1. The molecule has 31 heavy (non-hydrogen) atoms. The Morgan fingerprint density at radius 2 is 1.65 bits per heavy atom. The first-order valence-electron chi connectivity index (χ1n) is 10.4. The van der Waals surface area contributed by atoms with Crippen LogP contribution in [0.2, 0.25) is 0 Å². The van der Waals surface area contributed by atoms with E-state index < -0.39 is 10.0 Å². The van der Waals surface area contributed by atoms with Gasteiger partial charge in [0.25, 0.3) is 5.91 Å². The summed E-state index contributed by atoms with van der Waals surface area (Å²) in [5, 5.41) is 3.14. The summed E-state index contributed by atoms with van der Waals surface area (Å²) in [6, 6.07) is 24.4. The minimum atomic E-state index is -3.60. The number of amides is 1. The van der Waals surface area contributed by atoms with Gasteiger partial charge in [0, 0.05) is 0 Å². The molecular formula is C25H26N2O3S. The van der Waals surface area contributed by atoms with Crippen LogP contribution in [0.3, 0.4) is 0 Å². The van der Waals surface area contributed by atoms with E-state index in [1.54, 1.807) is 24.3 Å². The second kappa shape index (κ2) is 8.94. The molecule has 5 nitrogen and oxygen atoms in total. The fourth-order valence-corrected chi connectivity index (χ4v) is 5.05. The Kier molecular flexibility index (Phi) is 6.09. The third kappa shape index (κ3) is 4.80. The van der Waals surface area contributed by atoms with Crippen LogP contribution < -0.4 is 9.62 Å². The predicted octanol–water partition coefficient (Wildman–Crippen LogP) is 4.46. The zero-order valence-electron chi connectivity index (χ0n) is 17.5. The number of fused-ring (bicyclic) bond motifs is 1. The van der Waals surface area contributed by atoms with Crippen LogP contribution in [0.4, 0.5) is 5.69 Å². The van der Waals surface area contributed by atoms with Crippen LogP contribution in [0, 0.1) is 0 Å². The molecule has 160 valence electrons. The van der Waals surface area contributed by atoms with Gasteiger partial charge in [-0.2, -0.15) is 0 Å². The van der Waals surface area contributed by atoms with Crippen molar-refractivity contribution in [3.8, 4) is 0 Å². The van der Waals surface area contributed by atoms with Crippen molar-refractivity contribution in [2.24, 2.45) is 0 Å². The first-order chi connectivity index (χ1) is 14.9. The number of aryl methyl sites for hydroxylation is 1. The van der Waals surface area contributed by atoms with Gasteiger partial charge >= 0.3 is 0 Å². The Bertz CT molecular complexity index is 1180. The Morgan fingerprint density at radius 3 is 2.42 bits per heavy atom. The molecule has 1 N–H and O–H groups in total. The molecule has 0 radical (unpaired) electrons. The Hall–Kier alpha value is -3.12. The van der Waals surface area contributed by atoms with E-state index in [0.717, 1.165) is 30.4 Å². The molecule has 1 aliphatic rings. The molecule has 3 aromatic rings. The lowest BCUT2D eigenvalue weighted by Gasteiger charge is -2.28. The smallest absolute Gasteiger partial charge is 0.253 e. The van der Waals surface area contributed by atoms with Crippen molar-refractivity contribution in [2.45, 2.75) is 31.8 Å². The van der Waals surface area contributed by atoms with Crippen molar-refractivity contribution < 1.29 is 13.2 Å². The predicted molar refractivity (Wildman–Crippen MR) is 123 cm³/mol. The Labute approximate surface area is 183 Å². The molecule has 1 aliphatic carbocycles. The lowest BCUT2D eigenvalue weighted by Crippen LogP contribution is -2.34. The van der Waals surface area contributed by atoms with Crippen LogP contribution in [0.15, 0.2) is 78.9 Å². The summed E-state index contributed by atoms with van der Waals surface area (Å²) in [7, 11) is -3.60. The van der Waals surface area contributed by atoms with E-state index in [9.17, 15) is 13.2 Å². The summed E-state index contributed by atoms with van der Waals surface area (Å²) in [5.74, 6) is -0.265. The molecule has 0 saturated heterocycles. The number of hydrogen-bond donors (Lipinski definition) is 1. The van der Waals surface area contributed by atoms with Gasteiger partial charge in [0.1, 0.15) is 0 Å². The van der Waals surface area contributed by atoms with E-state index in [1.165, 1.54) is 16.1 Å². The number of hydrogen-bond acceptors (Lipinski definition) is 3. The van der Waals surface area contributed by atoms with Gasteiger partial charge in [0.05, 0.1) is 30.1 Å². The maximum atomic E-state index is 13.3. The number of para-hydroxylation sites is 1. The third-order valence-electron chi connectivity index (χ3n) is 5.66. The van der Waals surface area contributed by atoms with Crippen LogP contribution in [-0.4, -0.2) is 20.6 Å². The molecule has 0 heterocycles. The number of nitrogens with one attached hydrogen (secondary N) is 1. The normalized spacial score (nSPS) is 15.7. The highest BCUT2D eigenvalue weighted by molar-refractivity contribution is 7.92. The summed E-state index contributed by atoms with van der Waals surface area (Å²) < 4.78 is 26.6. The van der Waals surface area contributed by atoms with Crippen molar-refractivity contribution >= 4 is 21.6 Å². The summed E-state index contributed by atoms with van der Waals surface area (Å²) >= 11 is 0. The highest BCUT2D eigenvalue weighted by Crippen LogP contribution is 2.31. The largest absolute Gasteiger partial charge is 0.345 e. The number of anilines is 1. The topological polar surface area (TPSA) is 66.5 Å². The van der Waals surface area contributed by atoms with Gasteiger partial charge in [-0.25, -0.2) is 8.42 Å². The zero-order valence-corrected chi connectivity index (χ0v) is 18.3. The van der Waals surface area contributed by atoms with Crippen molar-refractivity contribution in [2.75, 3.05) is 10.6 Å². The molecule has 0 aliphatic heterocycles. The van der Waals surface area contributed by atoms with Gasteiger partial charge in [-0.3, -0.25) is 9.10 Å². The minimum Gasteiger partial charge on any atom is -0.345 e. The summed E-state index contributed by atoms with van der Waals surface area (Å²) in [6.07, 6.45) is 4.05. The quantitative estimate of drug-likeness (QED) is 0.623. The zero-order chi connectivity index (χ0) is 21.8. The number of sulfonamides is 1. The minimum absolute atomic E-state index is 0.0775. The average molecular weight is 435 g/mol.